The second-order valence-electron chi connectivity index (χ2n) is 5.35. The van der Waals surface area contributed by atoms with Gasteiger partial charge in [-0.3, -0.25) is 4.79 Å². The fourth-order valence-electron chi connectivity index (χ4n) is 2.63. The third kappa shape index (κ3) is 3.85. The van der Waals surface area contributed by atoms with Crippen molar-refractivity contribution < 1.29 is 29.3 Å². The lowest BCUT2D eigenvalue weighted by Gasteiger charge is -2.19. The molecule has 9 nitrogen and oxygen atoms in total. The maximum Gasteiger partial charge on any atom is 0.342 e. The van der Waals surface area contributed by atoms with E-state index in [1.165, 1.54) is 6.07 Å². The monoisotopic (exact) mass is 518 g/mol. The van der Waals surface area contributed by atoms with Crippen molar-refractivity contribution >= 4 is 49.6 Å². The summed E-state index contributed by atoms with van der Waals surface area (Å²) in [6, 6.07) is 1.40. The number of hydrogen-bond donors (Lipinski definition) is 4. The van der Waals surface area contributed by atoms with Crippen molar-refractivity contribution in [2.45, 2.75) is 13.8 Å². The highest BCUT2D eigenvalue weighted by atomic mass is 79.9. The van der Waals surface area contributed by atoms with Crippen LogP contribution in [0.4, 0.5) is 5.82 Å². The van der Waals surface area contributed by atoms with Crippen LogP contribution in [0.2, 0.25) is 0 Å². The van der Waals surface area contributed by atoms with Crippen molar-refractivity contribution in [3.63, 3.8) is 0 Å². The summed E-state index contributed by atoms with van der Waals surface area (Å²) in [6.07, 6.45) is 0. The SMILES string of the molecule is CCOc1cc(-c2c(C(=O)O)c(N)[nH]c(=O)c2C(=O)O)c(Br)c(Br)c1OCC. The molecular weight excluding hydrogens is 504 g/mol. The predicted octanol–water partition coefficient (Wildman–Crippen LogP) is 3.34. The van der Waals surface area contributed by atoms with E-state index in [0.717, 1.165) is 0 Å². The first-order valence-electron chi connectivity index (χ1n) is 7.95. The topological polar surface area (TPSA) is 152 Å². The van der Waals surface area contributed by atoms with Gasteiger partial charge < -0.3 is 30.4 Å². The fraction of sp³-hybridized carbons (Fsp3) is 0.235. The summed E-state index contributed by atoms with van der Waals surface area (Å²) < 4.78 is 11.8. The highest BCUT2D eigenvalue weighted by molar-refractivity contribution is 9.13. The number of carboxylic acid groups (broad SMARTS) is 2. The number of aromatic nitrogens is 1. The molecule has 0 fully saturated rings. The molecule has 1 aromatic carbocycles. The molecule has 0 aliphatic carbocycles. The number of carboxylic acids is 2. The zero-order valence-electron chi connectivity index (χ0n) is 14.8. The van der Waals surface area contributed by atoms with E-state index in [2.05, 4.69) is 36.8 Å². The molecule has 0 aliphatic rings. The molecule has 0 amide bonds. The van der Waals surface area contributed by atoms with Gasteiger partial charge in [0.2, 0.25) is 0 Å². The van der Waals surface area contributed by atoms with Gasteiger partial charge in [-0.05, 0) is 51.8 Å². The first kappa shape index (κ1) is 21.8. The average molecular weight is 520 g/mol. The summed E-state index contributed by atoms with van der Waals surface area (Å²) in [4.78, 5) is 37.8. The van der Waals surface area contributed by atoms with Crippen molar-refractivity contribution in [2.24, 2.45) is 0 Å². The van der Waals surface area contributed by atoms with Crippen LogP contribution in [0.15, 0.2) is 19.8 Å². The smallest absolute Gasteiger partial charge is 0.342 e. The number of benzene rings is 1. The molecule has 1 heterocycles. The Kier molecular flexibility index (Phi) is 6.73. The van der Waals surface area contributed by atoms with Gasteiger partial charge in [-0.1, -0.05) is 0 Å². The quantitative estimate of drug-likeness (QED) is 0.434. The fourth-order valence-corrected chi connectivity index (χ4v) is 3.64. The first-order valence-corrected chi connectivity index (χ1v) is 9.54. The molecule has 0 atom stereocenters. The van der Waals surface area contributed by atoms with Crippen LogP contribution in [-0.4, -0.2) is 40.3 Å². The van der Waals surface area contributed by atoms with Gasteiger partial charge in [-0.15, -0.1) is 0 Å². The van der Waals surface area contributed by atoms with Crippen LogP contribution in [0.3, 0.4) is 0 Å². The number of anilines is 1. The summed E-state index contributed by atoms with van der Waals surface area (Å²) >= 11 is 6.66. The first-order chi connectivity index (χ1) is 13.1. The number of nitrogens with one attached hydrogen (secondary N) is 1. The Bertz CT molecular complexity index is 1020. The number of rotatable bonds is 7. The molecule has 2 aromatic rings. The van der Waals surface area contributed by atoms with Crippen LogP contribution < -0.4 is 20.8 Å². The van der Waals surface area contributed by atoms with Crippen LogP contribution in [0.1, 0.15) is 34.6 Å². The predicted molar refractivity (Wildman–Crippen MR) is 109 cm³/mol. The lowest BCUT2D eigenvalue weighted by Crippen LogP contribution is -2.24. The van der Waals surface area contributed by atoms with Crippen molar-refractivity contribution in [3.8, 4) is 22.6 Å². The zero-order valence-corrected chi connectivity index (χ0v) is 17.9. The molecule has 0 aliphatic heterocycles. The van der Waals surface area contributed by atoms with E-state index < -0.39 is 34.4 Å². The Morgan fingerprint density at radius 2 is 1.64 bits per heavy atom. The number of ether oxygens (including phenoxy) is 2. The van der Waals surface area contributed by atoms with E-state index in [1.807, 2.05) is 0 Å². The van der Waals surface area contributed by atoms with Gasteiger partial charge in [0.1, 0.15) is 16.9 Å². The number of nitrogens with two attached hydrogens (primary N) is 1. The molecule has 0 unspecified atom stereocenters. The largest absolute Gasteiger partial charge is 0.490 e. The number of pyridine rings is 1. The Morgan fingerprint density at radius 3 is 2.14 bits per heavy atom. The van der Waals surface area contributed by atoms with Gasteiger partial charge in [0, 0.05) is 15.6 Å². The number of hydrogen-bond acceptors (Lipinski definition) is 6. The maximum absolute atomic E-state index is 12.2. The zero-order chi connectivity index (χ0) is 21.2. The van der Waals surface area contributed by atoms with Crippen LogP contribution in [0.25, 0.3) is 11.1 Å². The lowest BCUT2D eigenvalue weighted by molar-refractivity contribution is 0.0695. The van der Waals surface area contributed by atoms with Crippen LogP contribution in [0, 0.1) is 0 Å². The van der Waals surface area contributed by atoms with Gasteiger partial charge in [-0.25, -0.2) is 9.59 Å². The molecule has 0 saturated carbocycles. The molecule has 150 valence electrons. The molecule has 28 heavy (non-hydrogen) atoms. The molecular formula is C17H16Br2N2O7. The van der Waals surface area contributed by atoms with Gasteiger partial charge in [-0.2, -0.15) is 0 Å². The van der Waals surface area contributed by atoms with Crippen molar-refractivity contribution in [3.05, 3.63) is 36.5 Å². The number of halogens is 2. The second-order valence-corrected chi connectivity index (χ2v) is 6.93. The minimum Gasteiger partial charge on any atom is -0.490 e. The minimum absolute atomic E-state index is 0.0892. The number of aromatic carboxylic acids is 2. The molecule has 5 N–H and O–H groups in total. The number of H-pyrrole nitrogens is 1. The van der Waals surface area contributed by atoms with E-state index in [1.54, 1.807) is 13.8 Å². The third-order valence-electron chi connectivity index (χ3n) is 3.66. The Morgan fingerprint density at radius 1 is 1.07 bits per heavy atom. The van der Waals surface area contributed by atoms with E-state index in [-0.39, 0.29) is 28.0 Å². The van der Waals surface area contributed by atoms with E-state index in [9.17, 15) is 24.6 Å². The number of nitrogen functional groups attached to an aromatic ring is 1. The Balaban J connectivity index is 3.05. The van der Waals surface area contributed by atoms with Gasteiger partial charge >= 0.3 is 11.9 Å². The maximum atomic E-state index is 12.2. The number of carbonyl (C=O) groups is 2. The summed E-state index contributed by atoms with van der Waals surface area (Å²) in [5.74, 6) is -2.99. The molecule has 0 radical (unpaired) electrons. The van der Waals surface area contributed by atoms with Gasteiger partial charge in [0.05, 0.1) is 17.7 Å². The molecule has 11 heteroatoms. The average Bonchev–Trinajstić information content (AvgIpc) is 2.59. The van der Waals surface area contributed by atoms with Crippen molar-refractivity contribution in [1.29, 1.82) is 0 Å². The lowest BCUT2D eigenvalue weighted by atomic mass is 9.95. The normalized spacial score (nSPS) is 10.6. The summed E-state index contributed by atoms with van der Waals surface area (Å²) in [6.45, 7) is 4.10. The molecule has 2 rings (SSSR count). The van der Waals surface area contributed by atoms with Crippen LogP contribution in [0.5, 0.6) is 11.5 Å². The van der Waals surface area contributed by atoms with Gasteiger partial charge in [0.25, 0.3) is 5.56 Å². The molecule has 0 spiro atoms. The standard InChI is InChI=1S/C17H16Br2N2O7/c1-3-27-7-5-6(11(18)12(19)13(7)28-4-2)8-9(16(23)24)14(20)21-15(22)10(8)17(25)26/h5H,3-4H2,1-2H3,(H,23,24)(H,25,26)(H3,20,21,22). The van der Waals surface area contributed by atoms with Gasteiger partial charge in [0.15, 0.2) is 11.5 Å². The summed E-state index contributed by atoms with van der Waals surface area (Å²) in [5.41, 5.74) is 3.09. The van der Waals surface area contributed by atoms with E-state index >= 15 is 0 Å². The molecule has 0 bridgehead atoms. The summed E-state index contributed by atoms with van der Waals surface area (Å²) in [7, 11) is 0. The van der Waals surface area contributed by atoms with Crippen molar-refractivity contribution in [1.82, 2.24) is 4.98 Å². The van der Waals surface area contributed by atoms with Crippen LogP contribution >= 0.6 is 31.9 Å². The summed E-state index contributed by atoms with van der Waals surface area (Å²) in [5, 5.41) is 19.1. The minimum atomic E-state index is -1.60. The van der Waals surface area contributed by atoms with Crippen molar-refractivity contribution in [2.75, 3.05) is 18.9 Å². The highest BCUT2D eigenvalue weighted by Crippen LogP contribution is 2.47. The van der Waals surface area contributed by atoms with E-state index in [4.69, 9.17) is 15.2 Å². The highest BCUT2D eigenvalue weighted by Gasteiger charge is 2.30. The van der Waals surface area contributed by atoms with E-state index in [0.29, 0.717) is 16.8 Å². The third-order valence-corrected chi connectivity index (χ3v) is 5.77. The molecule has 0 saturated heterocycles. The Labute approximate surface area is 175 Å². The van der Waals surface area contributed by atoms with Crippen LogP contribution in [-0.2, 0) is 0 Å². The molecule has 1 aromatic heterocycles. The number of aromatic amines is 1. The second kappa shape index (κ2) is 8.65. The Hall–Kier alpha value is -2.53.